The van der Waals surface area contributed by atoms with Gasteiger partial charge in [0.25, 0.3) is 11.8 Å². The molecule has 23 heavy (non-hydrogen) atoms. The van der Waals surface area contributed by atoms with Crippen LogP contribution in [0, 0.1) is 0 Å². The van der Waals surface area contributed by atoms with Crippen LogP contribution >= 0.6 is 11.6 Å². The molecule has 0 fully saturated rings. The summed E-state index contributed by atoms with van der Waals surface area (Å²) < 4.78 is 0. The molecule has 1 aliphatic heterocycles. The number of aryl methyl sites for hydroxylation is 1. The van der Waals surface area contributed by atoms with Crippen LogP contribution in [0.2, 0.25) is 5.15 Å². The third-order valence-corrected chi connectivity index (χ3v) is 4.86. The van der Waals surface area contributed by atoms with Gasteiger partial charge in [0.2, 0.25) is 0 Å². The summed E-state index contributed by atoms with van der Waals surface area (Å²) in [4.78, 5) is 30.8. The summed E-state index contributed by atoms with van der Waals surface area (Å²) in [5.41, 5.74) is 3.09. The van der Waals surface area contributed by atoms with E-state index in [1.165, 1.54) is 10.5 Å². The maximum atomic E-state index is 12.5. The van der Waals surface area contributed by atoms with Crippen LogP contribution in [0.4, 0.5) is 0 Å². The number of carbonyl (C=O) groups excluding carboxylic acids is 2. The standard InChI is InChI=1S/C18H15ClN2O2/c19-15-9-8-11-4-3-5-12(16(11)20-15)10-21-17(22)13-6-1-2-7-14(13)18(21)23/h1-2,6-9,12H,3-5,10H2/t12-/m1/s1. The van der Waals surface area contributed by atoms with Gasteiger partial charge in [-0.05, 0) is 43.0 Å². The number of rotatable bonds is 2. The summed E-state index contributed by atoms with van der Waals surface area (Å²) in [5.74, 6) is -0.362. The number of carbonyl (C=O) groups is 2. The molecule has 0 radical (unpaired) electrons. The number of hydrogen-bond donors (Lipinski definition) is 0. The average molecular weight is 327 g/mol. The van der Waals surface area contributed by atoms with Crippen LogP contribution in [0.1, 0.15) is 50.7 Å². The minimum absolute atomic E-state index is 0.0552. The normalized spacial score (nSPS) is 19.7. The molecule has 116 valence electrons. The second-order valence-electron chi connectivity index (χ2n) is 6.03. The first-order valence-corrected chi connectivity index (χ1v) is 8.13. The summed E-state index contributed by atoms with van der Waals surface area (Å²) in [7, 11) is 0. The summed E-state index contributed by atoms with van der Waals surface area (Å²) in [6.45, 7) is 0.368. The van der Waals surface area contributed by atoms with Gasteiger partial charge in [-0.2, -0.15) is 0 Å². The first kappa shape index (κ1) is 14.4. The molecular formula is C18H15ClN2O2. The molecule has 1 aliphatic carbocycles. The minimum Gasteiger partial charge on any atom is -0.274 e. The largest absolute Gasteiger partial charge is 0.274 e. The van der Waals surface area contributed by atoms with Crippen molar-refractivity contribution >= 4 is 23.4 Å². The van der Waals surface area contributed by atoms with Gasteiger partial charge in [0.1, 0.15) is 5.15 Å². The van der Waals surface area contributed by atoms with E-state index in [1.54, 1.807) is 30.3 Å². The summed E-state index contributed by atoms with van der Waals surface area (Å²) in [6.07, 6.45) is 2.91. The predicted molar refractivity (Wildman–Crippen MR) is 86.7 cm³/mol. The lowest BCUT2D eigenvalue weighted by Crippen LogP contribution is -2.35. The molecule has 0 unspecified atom stereocenters. The number of hydrogen-bond acceptors (Lipinski definition) is 3. The fourth-order valence-electron chi connectivity index (χ4n) is 3.52. The van der Waals surface area contributed by atoms with Crippen molar-refractivity contribution in [2.75, 3.05) is 6.54 Å². The van der Waals surface area contributed by atoms with Crippen molar-refractivity contribution in [1.29, 1.82) is 0 Å². The number of benzene rings is 1. The van der Waals surface area contributed by atoms with Gasteiger partial charge in [0, 0.05) is 12.5 Å². The number of imide groups is 1. The molecule has 1 aromatic carbocycles. The molecule has 2 aromatic rings. The molecule has 0 N–H and O–H groups in total. The van der Waals surface area contributed by atoms with E-state index in [4.69, 9.17) is 11.6 Å². The van der Waals surface area contributed by atoms with Gasteiger partial charge in [0.05, 0.1) is 16.8 Å². The van der Waals surface area contributed by atoms with Crippen LogP contribution < -0.4 is 0 Å². The molecule has 0 saturated heterocycles. The van der Waals surface area contributed by atoms with E-state index in [0.29, 0.717) is 22.8 Å². The highest BCUT2D eigenvalue weighted by Crippen LogP contribution is 2.34. The van der Waals surface area contributed by atoms with Crippen molar-refractivity contribution in [3.05, 3.63) is 63.9 Å². The molecule has 0 spiro atoms. The maximum absolute atomic E-state index is 12.5. The predicted octanol–water partition coefficient (Wildman–Crippen LogP) is 3.45. The van der Waals surface area contributed by atoms with Crippen molar-refractivity contribution in [3.8, 4) is 0 Å². The van der Waals surface area contributed by atoms with E-state index in [2.05, 4.69) is 4.98 Å². The number of fused-ring (bicyclic) bond motifs is 2. The highest BCUT2D eigenvalue weighted by Gasteiger charge is 2.37. The highest BCUT2D eigenvalue weighted by molar-refractivity contribution is 6.29. The summed E-state index contributed by atoms with van der Waals surface area (Å²) in [6, 6.07) is 10.8. The van der Waals surface area contributed by atoms with E-state index in [1.807, 2.05) is 6.07 Å². The van der Waals surface area contributed by atoms with Gasteiger partial charge in [-0.1, -0.05) is 29.8 Å². The minimum atomic E-state index is -0.209. The number of halogens is 1. The molecule has 4 rings (SSSR count). The summed E-state index contributed by atoms with van der Waals surface area (Å²) >= 11 is 6.03. The van der Waals surface area contributed by atoms with Crippen LogP contribution in [0.5, 0.6) is 0 Å². The zero-order chi connectivity index (χ0) is 16.0. The Kier molecular flexibility index (Phi) is 3.42. The lowest BCUT2D eigenvalue weighted by Gasteiger charge is -2.27. The van der Waals surface area contributed by atoms with Crippen molar-refractivity contribution < 1.29 is 9.59 Å². The molecule has 2 aliphatic rings. The average Bonchev–Trinajstić information content (AvgIpc) is 2.81. The van der Waals surface area contributed by atoms with Gasteiger partial charge in [0.15, 0.2) is 0 Å². The number of aromatic nitrogens is 1. The Bertz CT molecular complexity index is 783. The fourth-order valence-corrected chi connectivity index (χ4v) is 3.68. The van der Waals surface area contributed by atoms with Crippen molar-refractivity contribution in [1.82, 2.24) is 9.88 Å². The third-order valence-electron chi connectivity index (χ3n) is 4.64. The zero-order valence-electron chi connectivity index (χ0n) is 12.5. The Labute approximate surface area is 139 Å². The van der Waals surface area contributed by atoms with Crippen LogP contribution in [0.25, 0.3) is 0 Å². The molecule has 5 heteroatoms. The van der Waals surface area contributed by atoms with Gasteiger partial charge < -0.3 is 0 Å². The van der Waals surface area contributed by atoms with Crippen LogP contribution in [0.15, 0.2) is 36.4 Å². The van der Waals surface area contributed by atoms with E-state index in [9.17, 15) is 9.59 Å². The van der Waals surface area contributed by atoms with E-state index in [0.717, 1.165) is 25.0 Å². The van der Waals surface area contributed by atoms with E-state index >= 15 is 0 Å². The number of amides is 2. The number of nitrogens with zero attached hydrogens (tertiary/aromatic N) is 2. The molecule has 1 aromatic heterocycles. The first-order chi connectivity index (χ1) is 11.1. The Balaban J connectivity index is 1.65. The second-order valence-corrected chi connectivity index (χ2v) is 6.42. The maximum Gasteiger partial charge on any atom is 0.261 e. The van der Waals surface area contributed by atoms with Crippen molar-refractivity contribution in [3.63, 3.8) is 0 Å². The Hall–Kier alpha value is -2.20. The molecule has 0 bridgehead atoms. The Morgan fingerprint density at radius 1 is 1.09 bits per heavy atom. The van der Waals surface area contributed by atoms with Gasteiger partial charge >= 0.3 is 0 Å². The monoisotopic (exact) mass is 326 g/mol. The van der Waals surface area contributed by atoms with E-state index in [-0.39, 0.29) is 17.7 Å². The van der Waals surface area contributed by atoms with Crippen LogP contribution in [-0.2, 0) is 6.42 Å². The topological polar surface area (TPSA) is 50.3 Å². The molecule has 1 atom stereocenters. The highest BCUT2D eigenvalue weighted by atomic mass is 35.5. The molecular weight excluding hydrogens is 312 g/mol. The van der Waals surface area contributed by atoms with Crippen LogP contribution in [-0.4, -0.2) is 28.2 Å². The smallest absolute Gasteiger partial charge is 0.261 e. The van der Waals surface area contributed by atoms with Crippen molar-refractivity contribution in [2.24, 2.45) is 0 Å². The second kappa shape index (κ2) is 5.46. The lowest BCUT2D eigenvalue weighted by molar-refractivity contribution is 0.0640. The lowest BCUT2D eigenvalue weighted by atomic mass is 9.86. The number of pyridine rings is 1. The summed E-state index contributed by atoms with van der Waals surface area (Å²) in [5, 5.41) is 0.456. The quantitative estimate of drug-likeness (QED) is 0.627. The fraction of sp³-hybridized carbons (Fsp3) is 0.278. The molecule has 0 saturated carbocycles. The Morgan fingerprint density at radius 2 is 1.78 bits per heavy atom. The van der Waals surface area contributed by atoms with Gasteiger partial charge in [-0.15, -0.1) is 0 Å². The third kappa shape index (κ3) is 2.34. The molecule has 2 amide bonds. The molecule has 2 heterocycles. The Morgan fingerprint density at radius 3 is 2.48 bits per heavy atom. The van der Waals surface area contributed by atoms with Gasteiger partial charge in [-0.3, -0.25) is 14.5 Å². The SMILES string of the molecule is O=C1c2ccccc2C(=O)N1C[C@H]1CCCc2ccc(Cl)nc21. The molecule has 4 nitrogen and oxygen atoms in total. The van der Waals surface area contributed by atoms with Crippen LogP contribution in [0.3, 0.4) is 0 Å². The van der Waals surface area contributed by atoms with E-state index < -0.39 is 0 Å². The van der Waals surface area contributed by atoms with Gasteiger partial charge in [-0.25, -0.2) is 4.98 Å². The first-order valence-electron chi connectivity index (χ1n) is 7.75. The zero-order valence-corrected chi connectivity index (χ0v) is 13.2. The van der Waals surface area contributed by atoms with Crippen molar-refractivity contribution in [2.45, 2.75) is 25.2 Å².